The molecule has 1 rings (SSSR count). The van der Waals surface area contributed by atoms with Gasteiger partial charge in [0.15, 0.2) is 0 Å². The van der Waals surface area contributed by atoms with E-state index in [0.29, 0.717) is 5.69 Å². The predicted molar refractivity (Wildman–Crippen MR) is 66.5 cm³/mol. The van der Waals surface area contributed by atoms with Crippen LogP contribution >= 0.6 is 0 Å². The second kappa shape index (κ2) is 4.80. The van der Waals surface area contributed by atoms with Crippen molar-refractivity contribution in [3.8, 4) is 0 Å². The van der Waals surface area contributed by atoms with E-state index < -0.39 is 17.9 Å². The van der Waals surface area contributed by atoms with E-state index >= 15 is 0 Å². The second-order valence-corrected chi connectivity index (χ2v) is 5.32. The lowest BCUT2D eigenvalue weighted by Crippen LogP contribution is -2.39. The Bertz CT molecular complexity index is 471. The smallest absolute Gasteiger partial charge is 0.325 e. The standard InChI is InChI=1S/C12H19N3O3/c1-7(11(17)18)13-10(16)8-6-9(12(2,3)4)14-15(8)5/h6-7H,1-5H3,(H,13,16)(H,17,18)/t7-/m0/s1. The first-order valence-electron chi connectivity index (χ1n) is 5.71. The van der Waals surface area contributed by atoms with Gasteiger partial charge in [-0.25, -0.2) is 0 Å². The molecule has 1 aromatic rings. The maximum atomic E-state index is 11.9. The highest BCUT2D eigenvalue weighted by Gasteiger charge is 2.23. The molecule has 1 atom stereocenters. The zero-order chi connectivity index (χ0) is 14.1. The van der Waals surface area contributed by atoms with Gasteiger partial charge in [0.1, 0.15) is 11.7 Å². The van der Waals surface area contributed by atoms with Crippen molar-refractivity contribution in [1.29, 1.82) is 0 Å². The molecule has 1 aromatic heterocycles. The van der Waals surface area contributed by atoms with Crippen LogP contribution in [0, 0.1) is 0 Å². The number of carbonyl (C=O) groups is 2. The van der Waals surface area contributed by atoms with E-state index in [4.69, 9.17) is 5.11 Å². The average Bonchev–Trinajstić information content (AvgIpc) is 2.59. The van der Waals surface area contributed by atoms with Gasteiger partial charge in [-0.05, 0) is 13.0 Å². The Labute approximate surface area is 106 Å². The number of nitrogens with one attached hydrogen (secondary N) is 1. The van der Waals surface area contributed by atoms with Crippen LogP contribution in [0.5, 0.6) is 0 Å². The Balaban J connectivity index is 2.94. The summed E-state index contributed by atoms with van der Waals surface area (Å²) in [6.45, 7) is 7.41. The van der Waals surface area contributed by atoms with Crippen LogP contribution in [0.25, 0.3) is 0 Å². The quantitative estimate of drug-likeness (QED) is 0.839. The molecule has 0 bridgehead atoms. The van der Waals surface area contributed by atoms with Gasteiger partial charge in [-0.1, -0.05) is 20.8 Å². The number of carboxylic acid groups (broad SMARTS) is 1. The van der Waals surface area contributed by atoms with Crippen molar-refractivity contribution in [2.75, 3.05) is 0 Å². The molecule has 0 saturated heterocycles. The van der Waals surface area contributed by atoms with Gasteiger partial charge in [-0.2, -0.15) is 5.10 Å². The van der Waals surface area contributed by atoms with E-state index in [-0.39, 0.29) is 5.41 Å². The Morgan fingerprint density at radius 2 is 2.00 bits per heavy atom. The minimum absolute atomic E-state index is 0.158. The fourth-order valence-corrected chi connectivity index (χ4v) is 1.38. The zero-order valence-electron chi connectivity index (χ0n) is 11.3. The fraction of sp³-hybridized carbons (Fsp3) is 0.583. The van der Waals surface area contributed by atoms with Crippen LogP contribution in [0.3, 0.4) is 0 Å². The molecule has 18 heavy (non-hydrogen) atoms. The summed E-state index contributed by atoms with van der Waals surface area (Å²) >= 11 is 0. The fourth-order valence-electron chi connectivity index (χ4n) is 1.38. The lowest BCUT2D eigenvalue weighted by Gasteiger charge is -2.13. The van der Waals surface area contributed by atoms with Crippen LogP contribution in [0.2, 0.25) is 0 Å². The third-order valence-corrected chi connectivity index (χ3v) is 2.60. The van der Waals surface area contributed by atoms with Crippen molar-refractivity contribution >= 4 is 11.9 Å². The summed E-state index contributed by atoms with van der Waals surface area (Å²) in [5.41, 5.74) is 0.987. The van der Waals surface area contributed by atoms with Crippen LogP contribution < -0.4 is 5.32 Å². The molecule has 0 aliphatic carbocycles. The maximum absolute atomic E-state index is 11.9. The van der Waals surface area contributed by atoms with Gasteiger partial charge < -0.3 is 10.4 Å². The van der Waals surface area contributed by atoms with E-state index in [0.717, 1.165) is 5.69 Å². The first kappa shape index (κ1) is 14.2. The predicted octanol–water partition coefficient (Wildman–Crippen LogP) is 0.920. The SMILES string of the molecule is C[C@H](NC(=O)c1cc(C(C)(C)C)nn1C)C(=O)O. The number of aryl methyl sites for hydroxylation is 1. The lowest BCUT2D eigenvalue weighted by atomic mass is 9.92. The largest absolute Gasteiger partial charge is 0.480 e. The van der Waals surface area contributed by atoms with Gasteiger partial charge in [-0.3, -0.25) is 14.3 Å². The molecule has 0 aliphatic heterocycles. The van der Waals surface area contributed by atoms with E-state index in [2.05, 4.69) is 10.4 Å². The second-order valence-electron chi connectivity index (χ2n) is 5.32. The van der Waals surface area contributed by atoms with Gasteiger partial charge in [0.25, 0.3) is 5.91 Å². The average molecular weight is 253 g/mol. The molecule has 1 heterocycles. The van der Waals surface area contributed by atoms with Crippen LogP contribution in [0.4, 0.5) is 0 Å². The number of amides is 1. The molecule has 0 aliphatic rings. The van der Waals surface area contributed by atoms with Crippen molar-refractivity contribution in [3.05, 3.63) is 17.5 Å². The van der Waals surface area contributed by atoms with Crippen LogP contribution in [-0.2, 0) is 17.3 Å². The summed E-state index contributed by atoms with van der Waals surface area (Å²) < 4.78 is 1.46. The molecule has 1 amide bonds. The molecular weight excluding hydrogens is 234 g/mol. The third-order valence-electron chi connectivity index (χ3n) is 2.60. The van der Waals surface area contributed by atoms with Crippen molar-refractivity contribution in [1.82, 2.24) is 15.1 Å². The number of nitrogens with zero attached hydrogens (tertiary/aromatic N) is 2. The van der Waals surface area contributed by atoms with Crippen LogP contribution in [0.15, 0.2) is 6.07 Å². The number of hydrogen-bond donors (Lipinski definition) is 2. The van der Waals surface area contributed by atoms with Gasteiger partial charge in [0.05, 0.1) is 5.69 Å². The molecule has 0 unspecified atom stereocenters. The van der Waals surface area contributed by atoms with Gasteiger partial charge in [0, 0.05) is 12.5 Å². The first-order valence-corrected chi connectivity index (χ1v) is 5.71. The summed E-state index contributed by atoms with van der Waals surface area (Å²) in [5, 5.41) is 15.4. The summed E-state index contributed by atoms with van der Waals surface area (Å²) in [6, 6.07) is 0.759. The van der Waals surface area contributed by atoms with Gasteiger partial charge in [-0.15, -0.1) is 0 Å². The Hall–Kier alpha value is -1.85. The molecule has 0 radical (unpaired) electrons. The third kappa shape index (κ3) is 3.09. The zero-order valence-corrected chi connectivity index (χ0v) is 11.3. The summed E-state index contributed by atoms with van der Waals surface area (Å²) in [4.78, 5) is 22.6. The Morgan fingerprint density at radius 1 is 1.44 bits per heavy atom. The number of rotatable bonds is 3. The minimum Gasteiger partial charge on any atom is -0.480 e. The van der Waals surface area contributed by atoms with Crippen molar-refractivity contribution in [2.45, 2.75) is 39.2 Å². The van der Waals surface area contributed by atoms with Gasteiger partial charge >= 0.3 is 5.97 Å². The number of aromatic nitrogens is 2. The summed E-state index contributed by atoms with van der Waals surface area (Å²) in [7, 11) is 1.66. The lowest BCUT2D eigenvalue weighted by molar-refractivity contribution is -0.138. The van der Waals surface area contributed by atoms with E-state index in [1.807, 2.05) is 20.8 Å². The highest BCUT2D eigenvalue weighted by Crippen LogP contribution is 2.21. The van der Waals surface area contributed by atoms with Crippen LogP contribution in [0.1, 0.15) is 43.9 Å². The molecule has 0 spiro atoms. The summed E-state index contributed by atoms with van der Waals surface area (Å²) in [6.07, 6.45) is 0. The summed E-state index contributed by atoms with van der Waals surface area (Å²) in [5.74, 6) is -1.50. The number of hydrogen-bond acceptors (Lipinski definition) is 3. The highest BCUT2D eigenvalue weighted by atomic mass is 16.4. The van der Waals surface area contributed by atoms with Crippen LogP contribution in [-0.4, -0.2) is 32.8 Å². The number of carboxylic acids is 1. The molecule has 100 valence electrons. The maximum Gasteiger partial charge on any atom is 0.325 e. The molecule has 0 fully saturated rings. The molecule has 6 heteroatoms. The minimum atomic E-state index is -1.07. The molecule has 0 aromatic carbocycles. The van der Waals surface area contributed by atoms with E-state index in [1.165, 1.54) is 11.6 Å². The molecule has 0 saturated carbocycles. The normalized spacial score (nSPS) is 13.2. The number of carbonyl (C=O) groups excluding carboxylic acids is 1. The highest BCUT2D eigenvalue weighted by molar-refractivity contribution is 5.95. The number of aliphatic carboxylic acids is 1. The molecule has 6 nitrogen and oxygen atoms in total. The monoisotopic (exact) mass is 253 g/mol. The Morgan fingerprint density at radius 3 is 2.39 bits per heavy atom. The van der Waals surface area contributed by atoms with Crippen molar-refractivity contribution in [3.63, 3.8) is 0 Å². The first-order chi connectivity index (χ1) is 8.12. The topological polar surface area (TPSA) is 84.2 Å². The van der Waals surface area contributed by atoms with E-state index in [1.54, 1.807) is 13.1 Å². The van der Waals surface area contributed by atoms with E-state index in [9.17, 15) is 9.59 Å². The van der Waals surface area contributed by atoms with Crippen molar-refractivity contribution < 1.29 is 14.7 Å². The Kier molecular flexibility index (Phi) is 3.79. The van der Waals surface area contributed by atoms with Crippen molar-refractivity contribution in [2.24, 2.45) is 7.05 Å². The molecule has 2 N–H and O–H groups in total. The van der Waals surface area contributed by atoms with Gasteiger partial charge in [0.2, 0.25) is 0 Å². The molecular formula is C12H19N3O3.